The number of aromatic nitrogens is 1. The Bertz CT molecular complexity index is 1600. The lowest BCUT2D eigenvalue weighted by Gasteiger charge is -2.14. The van der Waals surface area contributed by atoms with Gasteiger partial charge in [-0.05, 0) is 68.5 Å². The Balaban J connectivity index is 1.54. The molecule has 1 aromatic heterocycles. The standard InChI is InChI=1S/C31H30N4O6S/c1-19-15-28(35-41-19)34-29(36)20(2)42-25-12-8-11-23(18-25)32-31(38)26(33-30(37)21-9-6-5-7-10-21)17-22-16-24(39-3)13-14-27(22)40-4/h5-18,20H,1-4H3,(H,32,38)(H,33,37)(H,34,35,36)/b26-17+. The maximum Gasteiger partial charge on any atom is 0.272 e. The van der Waals surface area contributed by atoms with Gasteiger partial charge in [-0.25, -0.2) is 0 Å². The van der Waals surface area contributed by atoms with E-state index in [4.69, 9.17) is 14.0 Å². The molecule has 4 aromatic rings. The molecule has 216 valence electrons. The molecule has 0 fully saturated rings. The van der Waals surface area contributed by atoms with E-state index >= 15 is 0 Å². The fourth-order valence-corrected chi connectivity index (χ4v) is 4.73. The summed E-state index contributed by atoms with van der Waals surface area (Å²) in [7, 11) is 3.05. The van der Waals surface area contributed by atoms with Gasteiger partial charge in [-0.1, -0.05) is 29.4 Å². The summed E-state index contributed by atoms with van der Waals surface area (Å²) in [6.07, 6.45) is 1.52. The van der Waals surface area contributed by atoms with Crippen LogP contribution in [0.25, 0.3) is 6.08 Å². The normalized spacial score (nSPS) is 11.8. The molecule has 42 heavy (non-hydrogen) atoms. The van der Waals surface area contributed by atoms with Crippen molar-refractivity contribution in [2.75, 3.05) is 24.9 Å². The second-order valence-corrected chi connectivity index (χ2v) is 10.5. The summed E-state index contributed by atoms with van der Waals surface area (Å²) in [5.74, 6) is 0.717. The minimum Gasteiger partial charge on any atom is -0.497 e. The van der Waals surface area contributed by atoms with Gasteiger partial charge in [0.1, 0.15) is 23.0 Å². The molecule has 0 saturated carbocycles. The predicted octanol–water partition coefficient (Wildman–Crippen LogP) is 5.53. The summed E-state index contributed by atoms with van der Waals surface area (Å²) in [5, 5.41) is 11.6. The van der Waals surface area contributed by atoms with Crippen molar-refractivity contribution in [1.29, 1.82) is 0 Å². The van der Waals surface area contributed by atoms with Crippen LogP contribution in [0.5, 0.6) is 11.5 Å². The molecular formula is C31H30N4O6S. The van der Waals surface area contributed by atoms with Crippen LogP contribution in [0.2, 0.25) is 0 Å². The third kappa shape index (κ3) is 8.01. The summed E-state index contributed by atoms with van der Waals surface area (Å²) in [4.78, 5) is 39.9. The van der Waals surface area contributed by atoms with Gasteiger partial charge in [0.15, 0.2) is 5.82 Å². The van der Waals surface area contributed by atoms with Crippen LogP contribution in [0.1, 0.15) is 28.6 Å². The molecule has 4 rings (SSSR count). The molecule has 3 amide bonds. The Morgan fingerprint density at radius 1 is 0.929 bits per heavy atom. The minimum absolute atomic E-state index is 0.0101. The molecule has 3 N–H and O–H groups in total. The lowest BCUT2D eigenvalue weighted by molar-refractivity contribution is -0.115. The molecule has 11 heteroatoms. The van der Waals surface area contributed by atoms with Crippen LogP contribution in [0.15, 0.2) is 94.0 Å². The van der Waals surface area contributed by atoms with Crippen molar-refractivity contribution in [3.8, 4) is 11.5 Å². The second-order valence-electron chi connectivity index (χ2n) is 9.04. The van der Waals surface area contributed by atoms with Gasteiger partial charge in [-0.15, -0.1) is 11.8 Å². The first-order valence-corrected chi connectivity index (χ1v) is 13.8. The highest BCUT2D eigenvalue weighted by atomic mass is 32.2. The van der Waals surface area contributed by atoms with Crippen LogP contribution in [-0.4, -0.2) is 42.3 Å². The number of hydrogen-bond donors (Lipinski definition) is 3. The average Bonchev–Trinajstić information content (AvgIpc) is 3.41. The fourth-order valence-electron chi connectivity index (χ4n) is 3.81. The number of nitrogens with zero attached hydrogens (tertiary/aromatic N) is 1. The first kappa shape index (κ1) is 29.9. The van der Waals surface area contributed by atoms with E-state index in [-0.39, 0.29) is 11.6 Å². The molecule has 0 spiro atoms. The van der Waals surface area contributed by atoms with E-state index in [0.717, 1.165) is 4.90 Å². The summed E-state index contributed by atoms with van der Waals surface area (Å²) in [5.41, 5.74) is 1.38. The van der Waals surface area contributed by atoms with Crippen molar-refractivity contribution in [2.24, 2.45) is 0 Å². The van der Waals surface area contributed by atoms with Crippen molar-refractivity contribution in [3.05, 3.63) is 101 Å². The van der Waals surface area contributed by atoms with E-state index in [9.17, 15) is 14.4 Å². The van der Waals surface area contributed by atoms with E-state index in [1.165, 1.54) is 32.1 Å². The molecule has 0 aliphatic heterocycles. The first-order chi connectivity index (χ1) is 20.2. The molecule has 10 nitrogen and oxygen atoms in total. The quantitative estimate of drug-likeness (QED) is 0.154. The zero-order valence-corrected chi connectivity index (χ0v) is 24.3. The van der Waals surface area contributed by atoms with Gasteiger partial charge >= 0.3 is 0 Å². The summed E-state index contributed by atoms with van der Waals surface area (Å²) < 4.78 is 15.8. The molecule has 1 heterocycles. The number of rotatable bonds is 11. The summed E-state index contributed by atoms with van der Waals surface area (Å²) in [6.45, 7) is 3.50. The van der Waals surface area contributed by atoms with Gasteiger partial charge < -0.3 is 29.9 Å². The van der Waals surface area contributed by atoms with Crippen molar-refractivity contribution < 1.29 is 28.4 Å². The molecule has 0 aliphatic rings. The number of ether oxygens (including phenoxy) is 2. The first-order valence-electron chi connectivity index (χ1n) is 12.9. The molecule has 0 radical (unpaired) electrons. The van der Waals surface area contributed by atoms with Crippen molar-refractivity contribution >= 4 is 47.1 Å². The largest absolute Gasteiger partial charge is 0.497 e. The van der Waals surface area contributed by atoms with E-state index in [1.807, 2.05) is 6.07 Å². The number of aryl methyl sites for hydroxylation is 1. The van der Waals surface area contributed by atoms with Gasteiger partial charge in [0, 0.05) is 27.8 Å². The van der Waals surface area contributed by atoms with Crippen molar-refractivity contribution in [3.63, 3.8) is 0 Å². The maximum absolute atomic E-state index is 13.5. The molecule has 0 aliphatic carbocycles. The van der Waals surface area contributed by atoms with Crippen LogP contribution in [-0.2, 0) is 9.59 Å². The third-order valence-electron chi connectivity index (χ3n) is 5.92. The second kappa shape index (κ2) is 14.0. The van der Waals surface area contributed by atoms with Gasteiger partial charge in [0.05, 0.1) is 19.5 Å². The fraction of sp³-hybridized carbons (Fsp3) is 0.161. The highest BCUT2D eigenvalue weighted by Gasteiger charge is 2.19. The van der Waals surface area contributed by atoms with Crippen LogP contribution >= 0.6 is 11.8 Å². The predicted molar refractivity (Wildman–Crippen MR) is 162 cm³/mol. The molecule has 1 atom stereocenters. The Labute approximate surface area is 247 Å². The lowest BCUT2D eigenvalue weighted by Crippen LogP contribution is -2.30. The van der Waals surface area contributed by atoms with Gasteiger partial charge in [-0.2, -0.15) is 0 Å². The lowest BCUT2D eigenvalue weighted by atomic mass is 10.1. The Morgan fingerprint density at radius 2 is 1.71 bits per heavy atom. The molecule has 0 saturated heterocycles. The number of thioether (sulfide) groups is 1. The number of anilines is 2. The number of benzene rings is 3. The Kier molecular flexibility index (Phi) is 10.0. The van der Waals surface area contributed by atoms with Crippen molar-refractivity contribution in [2.45, 2.75) is 24.0 Å². The zero-order chi connectivity index (χ0) is 30.1. The number of nitrogens with one attached hydrogen (secondary N) is 3. The van der Waals surface area contributed by atoms with Crippen molar-refractivity contribution in [1.82, 2.24) is 10.5 Å². The van der Waals surface area contributed by atoms with E-state index in [2.05, 4.69) is 21.1 Å². The molecule has 3 aromatic carbocycles. The van der Waals surface area contributed by atoms with Crippen LogP contribution in [0.3, 0.4) is 0 Å². The molecular weight excluding hydrogens is 556 g/mol. The maximum atomic E-state index is 13.5. The highest BCUT2D eigenvalue weighted by Crippen LogP contribution is 2.28. The molecule has 1 unspecified atom stereocenters. The Hall–Kier alpha value is -5.03. The third-order valence-corrected chi connectivity index (χ3v) is 7.01. The topological polar surface area (TPSA) is 132 Å². The van der Waals surface area contributed by atoms with E-state index < -0.39 is 17.1 Å². The number of carbonyl (C=O) groups excluding carboxylic acids is 3. The van der Waals surface area contributed by atoms with Gasteiger partial charge in [0.25, 0.3) is 11.8 Å². The smallest absolute Gasteiger partial charge is 0.272 e. The Morgan fingerprint density at radius 3 is 2.40 bits per heavy atom. The van der Waals surface area contributed by atoms with E-state index in [1.54, 1.807) is 86.6 Å². The molecule has 0 bridgehead atoms. The zero-order valence-electron chi connectivity index (χ0n) is 23.5. The highest BCUT2D eigenvalue weighted by molar-refractivity contribution is 8.00. The number of carbonyl (C=O) groups is 3. The van der Waals surface area contributed by atoms with Crippen LogP contribution in [0, 0.1) is 6.92 Å². The van der Waals surface area contributed by atoms with Crippen LogP contribution in [0.4, 0.5) is 11.5 Å². The number of methoxy groups -OCH3 is 2. The summed E-state index contributed by atoms with van der Waals surface area (Å²) in [6, 6.07) is 22.4. The monoisotopic (exact) mass is 586 g/mol. The van der Waals surface area contributed by atoms with Gasteiger partial charge in [-0.3, -0.25) is 14.4 Å². The SMILES string of the molecule is COc1ccc(OC)c(/C=C(/NC(=O)c2ccccc2)C(=O)Nc2cccc(SC(C)C(=O)Nc3cc(C)on3)c2)c1. The van der Waals surface area contributed by atoms with Gasteiger partial charge in [0.2, 0.25) is 5.91 Å². The summed E-state index contributed by atoms with van der Waals surface area (Å²) >= 11 is 1.31. The van der Waals surface area contributed by atoms with E-state index in [0.29, 0.717) is 39.9 Å². The average molecular weight is 587 g/mol. The number of hydrogen-bond acceptors (Lipinski definition) is 8. The number of amides is 3. The minimum atomic E-state index is -0.557. The van der Waals surface area contributed by atoms with Crippen LogP contribution < -0.4 is 25.4 Å².